The smallest absolute Gasteiger partial charge is 0.272 e. The number of fused-ring (bicyclic) bond motifs is 1. The molecule has 7 heteroatoms. The minimum atomic E-state index is -0.276. The summed E-state index contributed by atoms with van der Waals surface area (Å²) in [5.41, 5.74) is 14.2. The van der Waals surface area contributed by atoms with Crippen LogP contribution in [0.3, 0.4) is 0 Å². The molecule has 0 atom stereocenters. The van der Waals surface area contributed by atoms with Gasteiger partial charge in [0.1, 0.15) is 11.4 Å². The van der Waals surface area contributed by atoms with E-state index in [1.807, 2.05) is 13.0 Å². The molecule has 0 saturated heterocycles. The van der Waals surface area contributed by atoms with E-state index in [9.17, 15) is 9.59 Å². The Bertz CT molecular complexity index is 1490. The summed E-state index contributed by atoms with van der Waals surface area (Å²) in [4.78, 5) is 30.1. The number of aryl methyl sites for hydroxylation is 5. The van der Waals surface area contributed by atoms with Gasteiger partial charge in [0.05, 0.1) is 17.1 Å². The number of nitrogens with two attached hydrogens (primary N) is 1. The second kappa shape index (κ2) is 10.5. The largest absolute Gasteiger partial charge is 0.397 e. The minimum absolute atomic E-state index is 0.234. The number of aromatic nitrogens is 2. The van der Waals surface area contributed by atoms with Crippen molar-refractivity contribution in [2.75, 3.05) is 16.4 Å². The first-order valence-corrected chi connectivity index (χ1v) is 13.1. The Kier molecular flexibility index (Phi) is 7.43. The Morgan fingerprint density at radius 3 is 2.11 bits per heavy atom. The molecule has 2 heterocycles. The summed E-state index contributed by atoms with van der Waals surface area (Å²) in [6, 6.07) is 7.90. The fourth-order valence-corrected chi connectivity index (χ4v) is 5.47. The van der Waals surface area contributed by atoms with Gasteiger partial charge in [0.15, 0.2) is 0 Å². The van der Waals surface area contributed by atoms with Crippen molar-refractivity contribution in [3.05, 3.63) is 75.9 Å². The predicted octanol–water partition coefficient (Wildman–Crippen LogP) is 6.15. The predicted molar refractivity (Wildman–Crippen MR) is 153 cm³/mol. The topological polar surface area (TPSA) is 105 Å². The van der Waals surface area contributed by atoms with Crippen molar-refractivity contribution in [2.45, 2.75) is 60.3 Å². The zero-order chi connectivity index (χ0) is 26.9. The summed E-state index contributed by atoms with van der Waals surface area (Å²) < 4.78 is 1.72. The molecule has 0 saturated carbocycles. The Hall–Kier alpha value is -4.00. The first-order chi connectivity index (χ1) is 17.7. The van der Waals surface area contributed by atoms with Gasteiger partial charge in [-0.15, -0.1) is 0 Å². The van der Waals surface area contributed by atoms with Crippen molar-refractivity contribution in [3.63, 3.8) is 0 Å². The normalized spacial score (nSPS) is 11.2. The molecule has 194 valence electrons. The average Bonchev–Trinajstić information content (AvgIpc) is 3.47. The van der Waals surface area contributed by atoms with Crippen molar-refractivity contribution in [1.29, 1.82) is 0 Å². The van der Waals surface area contributed by atoms with Crippen molar-refractivity contribution in [1.82, 2.24) is 9.55 Å². The van der Waals surface area contributed by atoms with E-state index in [-0.39, 0.29) is 11.8 Å². The molecule has 4 rings (SSSR count). The number of benzene rings is 2. The standard InChI is InChI=1S/C30H37N5O2/c1-7-18-11-12-23-21(9-3)22(10-4)27(33-30(37)26-17(5)13-14-32-26)28(25(23)20(18)8-2)34-29(36)24-15-19(31)16-35(24)6/h11-16,32H,7-10,31H2,1-6H3,(H,33,37)(H,34,36). The maximum absolute atomic E-state index is 13.6. The molecule has 0 aliphatic heterocycles. The highest BCUT2D eigenvalue weighted by molar-refractivity contribution is 6.17. The molecule has 0 aliphatic rings. The van der Waals surface area contributed by atoms with E-state index in [2.05, 4.69) is 55.4 Å². The van der Waals surface area contributed by atoms with Gasteiger partial charge >= 0.3 is 0 Å². The van der Waals surface area contributed by atoms with Crippen molar-refractivity contribution < 1.29 is 9.59 Å². The fraction of sp³-hybridized carbons (Fsp3) is 0.333. The summed E-state index contributed by atoms with van der Waals surface area (Å²) in [5.74, 6) is -0.510. The van der Waals surface area contributed by atoms with Crippen LogP contribution in [0.1, 0.15) is 76.5 Å². The van der Waals surface area contributed by atoms with Gasteiger partial charge in [-0.3, -0.25) is 9.59 Å². The number of nitrogen functional groups attached to an aromatic ring is 1. The lowest BCUT2D eigenvalue weighted by Gasteiger charge is -2.25. The molecule has 7 nitrogen and oxygen atoms in total. The lowest BCUT2D eigenvalue weighted by Crippen LogP contribution is -2.21. The van der Waals surface area contributed by atoms with Crippen LogP contribution in [-0.2, 0) is 32.7 Å². The molecule has 0 bridgehead atoms. The SMILES string of the molecule is CCc1ccc2c(CC)c(CC)c(NC(=O)c3[nH]ccc3C)c(NC(=O)c3cc(N)cn3C)c2c1CC. The van der Waals surface area contributed by atoms with Gasteiger partial charge in [0, 0.05) is 24.8 Å². The number of amides is 2. The first kappa shape index (κ1) is 26.1. The molecule has 0 fully saturated rings. The number of rotatable bonds is 8. The van der Waals surface area contributed by atoms with Crippen LogP contribution >= 0.6 is 0 Å². The van der Waals surface area contributed by atoms with Gasteiger partial charge in [-0.05, 0) is 77.9 Å². The number of nitrogens with zero attached hydrogens (tertiary/aromatic N) is 1. The van der Waals surface area contributed by atoms with Crippen LogP contribution in [0, 0.1) is 6.92 Å². The molecule has 5 N–H and O–H groups in total. The van der Waals surface area contributed by atoms with Crippen molar-refractivity contribution in [3.8, 4) is 0 Å². The molecule has 0 radical (unpaired) electrons. The van der Waals surface area contributed by atoms with Crippen LogP contribution in [0.2, 0.25) is 0 Å². The summed E-state index contributed by atoms with van der Waals surface area (Å²) in [7, 11) is 1.80. The summed E-state index contributed by atoms with van der Waals surface area (Å²) in [5, 5.41) is 8.50. The molecule has 2 aromatic heterocycles. The molecule has 0 spiro atoms. The third kappa shape index (κ3) is 4.61. The van der Waals surface area contributed by atoms with Gasteiger partial charge in [0.2, 0.25) is 0 Å². The first-order valence-electron chi connectivity index (χ1n) is 13.1. The Balaban J connectivity index is 2.04. The third-order valence-corrected chi connectivity index (χ3v) is 7.26. The molecule has 4 aromatic rings. The van der Waals surface area contributed by atoms with Crippen LogP contribution in [0.5, 0.6) is 0 Å². The van der Waals surface area contributed by atoms with Crippen LogP contribution in [0.15, 0.2) is 36.7 Å². The Morgan fingerprint density at radius 2 is 1.57 bits per heavy atom. The van der Waals surface area contributed by atoms with E-state index in [0.29, 0.717) is 34.9 Å². The van der Waals surface area contributed by atoms with Crippen LogP contribution in [0.4, 0.5) is 17.1 Å². The van der Waals surface area contributed by atoms with E-state index < -0.39 is 0 Å². The highest BCUT2D eigenvalue weighted by Gasteiger charge is 2.25. The van der Waals surface area contributed by atoms with Crippen molar-refractivity contribution in [2.24, 2.45) is 7.05 Å². The van der Waals surface area contributed by atoms with Gasteiger partial charge < -0.3 is 25.9 Å². The lowest BCUT2D eigenvalue weighted by molar-refractivity contribution is 0.101. The molecule has 0 aliphatic carbocycles. The number of carbonyl (C=O) groups excluding carboxylic acids is 2. The van der Waals surface area contributed by atoms with Gasteiger partial charge in [-0.2, -0.15) is 0 Å². The molecule has 2 amide bonds. The van der Waals surface area contributed by atoms with E-state index >= 15 is 0 Å². The minimum Gasteiger partial charge on any atom is -0.397 e. The maximum Gasteiger partial charge on any atom is 0.272 e. The van der Waals surface area contributed by atoms with Crippen LogP contribution < -0.4 is 16.4 Å². The second-order valence-corrected chi connectivity index (χ2v) is 9.46. The lowest BCUT2D eigenvalue weighted by atomic mass is 9.86. The summed E-state index contributed by atoms with van der Waals surface area (Å²) in [6.45, 7) is 10.4. The van der Waals surface area contributed by atoms with E-state index in [1.54, 1.807) is 30.1 Å². The number of carbonyl (C=O) groups is 2. The molecule has 0 unspecified atom stereocenters. The highest BCUT2D eigenvalue weighted by atomic mass is 16.2. The third-order valence-electron chi connectivity index (χ3n) is 7.26. The molecule has 2 aromatic carbocycles. The number of hydrogen-bond acceptors (Lipinski definition) is 3. The summed E-state index contributed by atoms with van der Waals surface area (Å²) in [6.07, 6.45) is 6.66. The van der Waals surface area contributed by atoms with Gasteiger partial charge in [0.25, 0.3) is 11.8 Å². The second-order valence-electron chi connectivity index (χ2n) is 9.46. The monoisotopic (exact) mass is 499 g/mol. The molecule has 37 heavy (non-hydrogen) atoms. The van der Waals surface area contributed by atoms with E-state index in [1.165, 1.54) is 16.7 Å². The highest BCUT2D eigenvalue weighted by Crippen LogP contribution is 2.42. The fourth-order valence-electron chi connectivity index (χ4n) is 5.47. The number of aromatic amines is 1. The Morgan fingerprint density at radius 1 is 0.892 bits per heavy atom. The van der Waals surface area contributed by atoms with Crippen LogP contribution in [0.25, 0.3) is 10.8 Å². The number of anilines is 3. The maximum atomic E-state index is 13.6. The average molecular weight is 500 g/mol. The quantitative estimate of drug-likeness (QED) is 0.234. The van der Waals surface area contributed by atoms with Gasteiger partial charge in [-0.1, -0.05) is 39.8 Å². The zero-order valence-corrected chi connectivity index (χ0v) is 22.6. The molecular weight excluding hydrogens is 462 g/mol. The van der Waals surface area contributed by atoms with Crippen molar-refractivity contribution >= 4 is 39.6 Å². The zero-order valence-electron chi connectivity index (χ0n) is 22.6. The molecular formula is C30H37N5O2. The van der Waals surface area contributed by atoms with E-state index in [0.717, 1.165) is 41.2 Å². The van der Waals surface area contributed by atoms with Gasteiger partial charge in [-0.25, -0.2) is 0 Å². The number of nitrogens with one attached hydrogen (secondary N) is 3. The number of hydrogen-bond donors (Lipinski definition) is 4. The number of H-pyrrole nitrogens is 1. The summed E-state index contributed by atoms with van der Waals surface area (Å²) >= 11 is 0. The van der Waals surface area contributed by atoms with Crippen LogP contribution in [-0.4, -0.2) is 21.4 Å². The van der Waals surface area contributed by atoms with E-state index in [4.69, 9.17) is 5.73 Å². The Labute approximate surface area is 218 Å².